The molecule has 0 bridgehead atoms. The molecule has 0 amide bonds. The van der Waals surface area contributed by atoms with E-state index in [9.17, 15) is 0 Å². The molecular formula is C19H20N2O. The molecule has 1 heterocycles. The summed E-state index contributed by atoms with van der Waals surface area (Å²) < 4.78 is 5.40. The molecule has 3 rings (SSSR count). The first-order valence-corrected chi connectivity index (χ1v) is 7.45. The van der Waals surface area contributed by atoms with Crippen molar-refractivity contribution < 1.29 is 4.52 Å². The average molecular weight is 292 g/mol. The highest BCUT2D eigenvalue weighted by Crippen LogP contribution is 2.26. The number of benzene rings is 2. The van der Waals surface area contributed by atoms with E-state index >= 15 is 0 Å². The Bertz CT molecular complexity index is 762. The largest absolute Gasteiger partial charge is 0.334 e. The Hall–Kier alpha value is -2.42. The van der Waals surface area contributed by atoms with Crippen LogP contribution in [0.4, 0.5) is 0 Å². The molecule has 0 saturated carbocycles. The van der Waals surface area contributed by atoms with Gasteiger partial charge in [0.25, 0.3) is 5.89 Å². The normalized spacial score (nSPS) is 11.6. The molecule has 112 valence electrons. The molecular weight excluding hydrogens is 272 g/mol. The van der Waals surface area contributed by atoms with Crippen molar-refractivity contribution in [1.82, 2.24) is 10.1 Å². The summed E-state index contributed by atoms with van der Waals surface area (Å²) in [6, 6.07) is 16.4. The van der Waals surface area contributed by atoms with Gasteiger partial charge in [-0.05, 0) is 30.0 Å². The second-order valence-corrected chi connectivity index (χ2v) is 6.62. The third-order valence-electron chi connectivity index (χ3n) is 3.73. The van der Waals surface area contributed by atoms with Crippen LogP contribution in [0.1, 0.15) is 31.9 Å². The highest BCUT2D eigenvalue weighted by atomic mass is 16.5. The summed E-state index contributed by atoms with van der Waals surface area (Å²) in [5.41, 5.74) is 4.55. The molecule has 0 fully saturated rings. The standard InChI is InChI=1S/C19H20N2O/c1-13-5-7-14(8-6-13)17-20-18(22-21-17)15-9-11-16(12-10-15)19(2,3)4/h5-12H,1-4H3. The van der Waals surface area contributed by atoms with E-state index in [0.717, 1.165) is 11.1 Å². The van der Waals surface area contributed by atoms with Crippen LogP contribution in [0.15, 0.2) is 53.1 Å². The second kappa shape index (κ2) is 5.41. The molecule has 0 N–H and O–H groups in total. The quantitative estimate of drug-likeness (QED) is 0.666. The van der Waals surface area contributed by atoms with Gasteiger partial charge >= 0.3 is 0 Å². The molecule has 0 saturated heterocycles. The third-order valence-corrected chi connectivity index (χ3v) is 3.73. The molecule has 22 heavy (non-hydrogen) atoms. The lowest BCUT2D eigenvalue weighted by molar-refractivity contribution is 0.432. The first kappa shape index (κ1) is 14.5. The average Bonchev–Trinajstić information content (AvgIpc) is 2.97. The van der Waals surface area contributed by atoms with Crippen LogP contribution in [-0.4, -0.2) is 10.1 Å². The monoisotopic (exact) mass is 292 g/mol. The second-order valence-electron chi connectivity index (χ2n) is 6.62. The highest BCUT2D eigenvalue weighted by molar-refractivity contribution is 5.60. The van der Waals surface area contributed by atoms with Crippen LogP contribution in [0.25, 0.3) is 22.8 Å². The molecule has 3 aromatic rings. The summed E-state index contributed by atoms with van der Waals surface area (Å²) in [6.07, 6.45) is 0. The van der Waals surface area contributed by atoms with Crippen molar-refractivity contribution in [3.05, 3.63) is 59.7 Å². The topological polar surface area (TPSA) is 38.9 Å². The molecule has 0 radical (unpaired) electrons. The Kier molecular flexibility index (Phi) is 3.57. The zero-order valence-electron chi connectivity index (χ0n) is 13.4. The maximum Gasteiger partial charge on any atom is 0.258 e. The molecule has 2 aromatic carbocycles. The summed E-state index contributed by atoms with van der Waals surface area (Å²) in [5, 5.41) is 4.08. The Labute approximate surface area is 131 Å². The smallest absolute Gasteiger partial charge is 0.258 e. The minimum Gasteiger partial charge on any atom is -0.334 e. The van der Waals surface area contributed by atoms with Crippen LogP contribution >= 0.6 is 0 Å². The van der Waals surface area contributed by atoms with Crippen molar-refractivity contribution >= 4 is 0 Å². The third kappa shape index (κ3) is 2.93. The van der Waals surface area contributed by atoms with Crippen LogP contribution in [-0.2, 0) is 5.41 Å². The van der Waals surface area contributed by atoms with E-state index in [4.69, 9.17) is 4.52 Å². The Morgan fingerprint density at radius 3 is 2.00 bits per heavy atom. The van der Waals surface area contributed by atoms with E-state index < -0.39 is 0 Å². The summed E-state index contributed by atoms with van der Waals surface area (Å²) in [5.74, 6) is 1.17. The van der Waals surface area contributed by atoms with Gasteiger partial charge in [-0.1, -0.05) is 67.9 Å². The van der Waals surface area contributed by atoms with Gasteiger partial charge in [0.2, 0.25) is 5.82 Å². The van der Waals surface area contributed by atoms with Crippen molar-refractivity contribution in [3.63, 3.8) is 0 Å². The lowest BCUT2D eigenvalue weighted by atomic mass is 9.87. The Balaban J connectivity index is 1.89. The van der Waals surface area contributed by atoms with Crippen LogP contribution in [0.5, 0.6) is 0 Å². The number of aromatic nitrogens is 2. The molecule has 0 aliphatic heterocycles. The first-order valence-electron chi connectivity index (χ1n) is 7.45. The van der Waals surface area contributed by atoms with E-state index in [2.05, 4.69) is 50.0 Å². The molecule has 0 atom stereocenters. The van der Waals surface area contributed by atoms with E-state index in [1.54, 1.807) is 0 Å². The predicted molar refractivity (Wildman–Crippen MR) is 88.6 cm³/mol. The maximum atomic E-state index is 5.40. The number of hydrogen-bond donors (Lipinski definition) is 0. The molecule has 0 unspecified atom stereocenters. The van der Waals surface area contributed by atoms with E-state index in [0.29, 0.717) is 11.7 Å². The Morgan fingerprint density at radius 2 is 1.41 bits per heavy atom. The highest BCUT2D eigenvalue weighted by Gasteiger charge is 2.15. The van der Waals surface area contributed by atoms with Gasteiger partial charge < -0.3 is 4.52 Å². The fourth-order valence-electron chi connectivity index (χ4n) is 2.27. The van der Waals surface area contributed by atoms with E-state index in [-0.39, 0.29) is 5.41 Å². The number of hydrogen-bond acceptors (Lipinski definition) is 3. The fraction of sp³-hybridized carbons (Fsp3) is 0.263. The zero-order chi connectivity index (χ0) is 15.7. The predicted octanol–water partition coefficient (Wildman–Crippen LogP) is 5.01. The van der Waals surface area contributed by atoms with Gasteiger partial charge in [0.05, 0.1) is 0 Å². The summed E-state index contributed by atoms with van der Waals surface area (Å²) in [6.45, 7) is 8.65. The van der Waals surface area contributed by atoms with Gasteiger partial charge in [-0.3, -0.25) is 0 Å². The molecule has 3 nitrogen and oxygen atoms in total. The number of rotatable bonds is 2. The van der Waals surface area contributed by atoms with Gasteiger partial charge in [-0.25, -0.2) is 0 Å². The molecule has 3 heteroatoms. The maximum absolute atomic E-state index is 5.40. The van der Waals surface area contributed by atoms with Gasteiger partial charge in [0, 0.05) is 11.1 Å². The zero-order valence-corrected chi connectivity index (χ0v) is 13.4. The summed E-state index contributed by atoms with van der Waals surface area (Å²) in [4.78, 5) is 4.49. The van der Waals surface area contributed by atoms with Crippen LogP contribution < -0.4 is 0 Å². The van der Waals surface area contributed by atoms with Gasteiger partial charge in [0.1, 0.15) is 0 Å². The van der Waals surface area contributed by atoms with Crippen LogP contribution in [0.2, 0.25) is 0 Å². The fourth-order valence-corrected chi connectivity index (χ4v) is 2.27. The molecule has 0 spiro atoms. The lowest BCUT2D eigenvalue weighted by Gasteiger charge is -2.18. The molecule has 1 aromatic heterocycles. The summed E-state index contributed by atoms with van der Waals surface area (Å²) >= 11 is 0. The first-order chi connectivity index (χ1) is 10.4. The van der Waals surface area contributed by atoms with Crippen molar-refractivity contribution in [2.75, 3.05) is 0 Å². The van der Waals surface area contributed by atoms with Gasteiger partial charge in [-0.15, -0.1) is 0 Å². The van der Waals surface area contributed by atoms with Gasteiger partial charge in [-0.2, -0.15) is 4.98 Å². The molecule has 0 aliphatic carbocycles. The minimum atomic E-state index is 0.139. The van der Waals surface area contributed by atoms with Gasteiger partial charge in [0.15, 0.2) is 0 Å². The minimum absolute atomic E-state index is 0.139. The van der Waals surface area contributed by atoms with E-state index in [1.165, 1.54) is 11.1 Å². The Morgan fingerprint density at radius 1 is 0.818 bits per heavy atom. The SMILES string of the molecule is Cc1ccc(-c2noc(-c3ccc(C(C)(C)C)cc3)n2)cc1. The molecule has 0 aliphatic rings. The van der Waals surface area contributed by atoms with Crippen molar-refractivity contribution in [1.29, 1.82) is 0 Å². The van der Waals surface area contributed by atoms with Crippen molar-refractivity contribution in [2.45, 2.75) is 33.1 Å². The van der Waals surface area contributed by atoms with E-state index in [1.807, 2.05) is 36.4 Å². The number of aryl methyl sites for hydroxylation is 1. The summed E-state index contributed by atoms with van der Waals surface area (Å²) in [7, 11) is 0. The number of nitrogens with zero attached hydrogens (tertiary/aromatic N) is 2. The van der Waals surface area contributed by atoms with Crippen molar-refractivity contribution in [3.8, 4) is 22.8 Å². The van der Waals surface area contributed by atoms with Crippen LogP contribution in [0.3, 0.4) is 0 Å². The van der Waals surface area contributed by atoms with Crippen LogP contribution in [0, 0.1) is 6.92 Å². The lowest BCUT2D eigenvalue weighted by Crippen LogP contribution is -2.10. The van der Waals surface area contributed by atoms with Crippen molar-refractivity contribution in [2.24, 2.45) is 0 Å².